The molecule has 2 rings (SSSR count). The van der Waals surface area contributed by atoms with Crippen LogP contribution in [-0.4, -0.2) is 32.7 Å². The van der Waals surface area contributed by atoms with Gasteiger partial charge < -0.3 is 19.5 Å². The Labute approximate surface area is 173 Å². The first-order valence-corrected chi connectivity index (χ1v) is 8.96. The number of benzene rings is 2. The number of amides is 1. The van der Waals surface area contributed by atoms with Crippen molar-refractivity contribution in [2.75, 3.05) is 20.8 Å². The molecule has 0 radical (unpaired) electrons. The highest BCUT2D eigenvalue weighted by molar-refractivity contribution is 6.32. The summed E-state index contributed by atoms with van der Waals surface area (Å²) in [7, 11) is 2.96. The molecule has 0 atom stereocenters. The number of methoxy groups -OCH3 is 2. The van der Waals surface area contributed by atoms with E-state index in [2.05, 4.69) is 5.32 Å². The van der Waals surface area contributed by atoms with Gasteiger partial charge in [0.05, 0.1) is 19.2 Å². The van der Waals surface area contributed by atoms with Crippen molar-refractivity contribution in [1.82, 2.24) is 5.32 Å². The van der Waals surface area contributed by atoms with Crippen LogP contribution in [0.4, 0.5) is 0 Å². The summed E-state index contributed by atoms with van der Waals surface area (Å²) in [6.45, 7) is -0.156. The first-order chi connectivity index (χ1) is 13.4. The van der Waals surface area contributed by atoms with Gasteiger partial charge in [0.15, 0.2) is 18.1 Å². The smallest absolute Gasteiger partial charge is 0.331 e. The lowest BCUT2D eigenvalue weighted by molar-refractivity contribution is -0.143. The van der Waals surface area contributed by atoms with Crippen molar-refractivity contribution in [3.63, 3.8) is 0 Å². The summed E-state index contributed by atoms with van der Waals surface area (Å²) in [5, 5.41) is 3.53. The molecule has 2 aromatic rings. The van der Waals surface area contributed by atoms with Gasteiger partial charge in [-0.15, -0.1) is 0 Å². The highest BCUT2D eigenvalue weighted by atomic mass is 35.5. The van der Waals surface area contributed by atoms with E-state index >= 15 is 0 Å². The maximum absolute atomic E-state index is 11.8. The fraction of sp³-hybridized carbons (Fsp3) is 0.200. The average molecular weight is 424 g/mol. The van der Waals surface area contributed by atoms with Gasteiger partial charge in [0, 0.05) is 17.6 Å². The zero-order valence-electron chi connectivity index (χ0n) is 15.3. The van der Waals surface area contributed by atoms with Gasteiger partial charge >= 0.3 is 5.97 Å². The molecule has 0 saturated heterocycles. The van der Waals surface area contributed by atoms with Crippen LogP contribution >= 0.6 is 23.2 Å². The zero-order valence-corrected chi connectivity index (χ0v) is 16.8. The molecule has 0 aliphatic rings. The quantitative estimate of drug-likeness (QED) is 0.514. The molecular formula is C20H19Cl2NO5. The SMILES string of the molecule is COc1cc(/C=C/C(=O)OCC(=O)NCc2ccccc2Cl)cc(Cl)c1OC. The third kappa shape index (κ3) is 6.18. The van der Waals surface area contributed by atoms with E-state index in [9.17, 15) is 9.59 Å². The standard InChI is InChI=1S/C20H19Cl2NO5/c1-26-17-10-13(9-16(22)20(17)27-2)7-8-19(25)28-12-18(24)23-11-14-5-3-4-6-15(14)21/h3-10H,11-12H2,1-2H3,(H,23,24)/b8-7+. The molecule has 0 aliphatic heterocycles. The minimum absolute atomic E-state index is 0.246. The lowest BCUT2D eigenvalue weighted by Gasteiger charge is -2.10. The van der Waals surface area contributed by atoms with Crippen LogP contribution in [0.1, 0.15) is 11.1 Å². The third-order valence-electron chi connectivity index (χ3n) is 3.65. The zero-order chi connectivity index (χ0) is 20.5. The highest BCUT2D eigenvalue weighted by Crippen LogP contribution is 2.36. The summed E-state index contributed by atoms with van der Waals surface area (Å²) >= 11 is 12.1. The Kier molecular flexibility index (Phi) is 8.17. The largest absolute Gasteiger partial charge is 0.493 e. The molecule has 2 aromatic carbocycles. The van der Waals surface area contributed by atoms with E-state index < -0.39 is 18.5 Å². The van der Waals surface area contributed by atoms with E-state index in [1.54, 1.807) is 30.3 Å². The van der Waals surface area contributed by atoms with Crippen LogP contribution in [0.2, 0.25) is 10.0 Å². The highest BCUT2D eigenvalue weighted by Gasteiger charge is 2.10. The Morgan fingerprint density at radius 3 is 2.50 bits per heavy atom. The summed E-state index contributed by atoms with van der Waals surface area (Å²) in [6.07, 6.45) is 2.69. The van der Waals surface area contributed by atoms with Crippen LogP contribution in [0.15, 0.2) is 42.5 Å². The molecule has 1 N–H and O–H groups in total. The third-order valence-corrected chi connectivity index (χ3v) is 4.30. The van der Waals surface area contributed by atoms with Crippen molar-refractivity contribution < 1.29 is 23.8 Å². The lowest BCUT2D eigenvalue weighted by Crippen LogP contribution is -2.28. The Morgan fingerprint density at radius 2 is 1.82 bits per heavy atom. The summed E-state index contributed by atoms with van der Waals surface area (Å²) in [5.74, 6) is -0.268. The van der Waals surface area contributed by atoms with Crippen LogP contribution in [0, 0.1) is 0 Å². The fourth-order valence-electron chi connectivity index (χ4n) is 2.27. The molecule has 8 heteroatoms. The number of hydrogen-bond acceptors (Lipinski definition) is 5. The Balaban J connectivity index is 1.86. The maximum atomic E-state index is 11.8. The monoisotopic (exact) mass is 423 g/mol. The first kappa shape index (κ1) is 21.6. The van der Waals surface area contributed by atoms with Crippen LogP contribution in [0.5, 0.6) is 11.5 Å². The minimum atomic E-state index is -0.668. The van der Waals surface area contributed by atoms with E-state index in [0.717, 1.165) is 5.56 Å². The Bertz CT molecular complexity index is 883. The van der Waals surface area contributed by atoms with Gasteiger partial charge in [-0.3, -0.25) is 4.79 Å². The molecule has 0 aliphatic carbocycles. The maximum Gasteiger partial charge on any atom is 0.331 e. The summed E-state index contributed by atoms with van der Waals surface area (Å²) in [6, 6.07) is 10.4. The van der Waals surface area contributed by atoms with E-state index in [1.165, 1.54) is 26.4 Å². The number of esters is 1. The number of carbonyl (C=O) groups excluding carboxylic acids is 2. The van der Waals surface area contributed by atoms with Gasteiger partial charge in [0.1, 0.15) is 0 Å². The molecule has 0 aromatic heterocycles. The predicted molar refractivity (Wildman–Crippen MR) is 108 cm³/mol. The second-order valence-corrected chi connectivity index (χ2v) is 6.36. The number of halogens is 2. The van der Waals surface area contributed by atoms with Crippen LogP contribution < -0.4 is 14.8 Å². The second kappa shape index (κ2) is 10.6. The van der Waals surface area contributed by atoms with Gasteiger partial charge in [0.25, 0.3) is 5.91 Å². The molecule has 0 saturated carbocycles. The average Bonchev–Trinajstić information content (AvgIpc) is 2.69. The molecule has 1 amide bonds. The number of carbonyl (C=O) groups is 2. The van der Waals surface area contributed by atoms with Crippen LogP contribution in [0.25, 0.3) is 6.08 Å². The van der Waals surface area contributed by atoms with Crippen molar-refractivity contribution in [3.8, 4) is 11.5 Å². The van der Waals surface area contributed by atoms with Crippen molar-refractivity contribution >= 4 is 41.2 Å². The topological polar surface area (TPSA) is 73.9 Å². The number of ether oxygens (including phenoxy) is 3. The molecule has 148 valence electrons. The number of rotatable bonds is 8. The fourth-order valence-corrected chi connectivity index (χ4v) is 2.77. The van der Waals surface area contributed by atoms with E-state index in [4.69, 9.17) is 37.4 Å². The molecule has 0 fully saturated rings. The number of hydrogen-bond donors (Lipinski definition) is 1. The normalized spacial score (nSPS) is 10.6. The van der Waals surface area contributed by atoms with E-state index in [0.29, 0.717) is 27.1 Å². The van der Waals surface area contributed by atoms with Gasteiger partial charge in [0.2, 0.25) is 0 Å². The summed E-state index contributed by atoms with van der Waals surface area (Å²) in [4.78, 5) is 23.6. The van der Waals surface area contributed by atoms with E-state index in [-0.39, 0.29) is 6.54 Å². The predicted octanol–water partition coefficient (Wildman–Crippen LogP) is 3.88. The second-order valence-electron chi connectivity index (χ2n) is 5.55. The lowest BCUT2D eigenvalue weighted by atomic mass is 10.2. The van der Waals surface area contributed by atoms with Crippen molar-refractivity contribution in [2.24, 2.45) is 0 Å². The molecular weight excluding hydrogens is 405 g/mol. The summed E-state index contributed by atoms with van der Waals surface area (Å²) < 4.78 is 15.3. The van der Waals surface area contributed by atoms with Gasteiger partial charge in [-0.05, 0) is 35.4 Å². The van der Waals surface area contributed by atoms with E-state index in [1.807, 2.05) is 6.07 Å². The van der Waals surface area contributed by atoms with Crippen LogP contribution in [0.3, 0.4) is 0 Å². The van der Waals surface area contributed by atoms with Crippen molar-refractivity contribution in [2.45, 2.75) is 6.54 Å². The van der Waals surface area contributed by atoms with Gasteiger partial charge in [-0.2, -0.15) is 0 Å². The molecule has 0 unspecified atom stereocenters. The Morgan fingerprint density at radius 1 is 1.07 bits per heavy atom. The first-order valence-electron chi connectivity index (χ1n) is 8.21. The summed E-state index contributed by atoms with van der Waals surface area (Å²) in [5.41, 5.74) is 1.39. The molecule has 28 heavy (non-hydrogen) atoms. The Hall–Kier alpha value is -2.70. The minimum Gasteiger partial charge on any atom is -0.493 e. The van der Waals surface area contributed by atoms with Crippen molar-refractivity contribution in [1.29, 1.82) is 0 Å². The molecule has 0 spiro atoms. The van der Waals surface area contributed by atoms with Gasteiger partial charge in [-0.25, -0.2) is 4.79 Å². The molecule has 0 bridgehead atoms. The van der Waals surface area contributed by atoms with Crippen LogP contribution in [-0.2, 0) is 20.9 Å². The molecule has 6 nitrogen and oxygen atoms in total. The molecule has 0 heterocycles. The van der Waals surface area contributed by atoms with Gasteiger partial charge in [-0.1, -0.05) is 41.4 Å². The number of nitrogens with one attached hydrogen (secondary N) is 1. The van der Waals surface area contributed by atoms with Crippen molar-refractivity contribution in [3.05, 3.63) is 63.6 Å².